The molecule has 1 aromatic carbocycles. The van der Waals surface area contributed by atoms with Gasteiger partial charge in [-0.25, -0.2) is 9.97 Å². The molecule has 0 atom stereocenters. The molecule has 138 valence electrons. The average Bonchev–Trinajstić information content (AvgIpc) is 3.24. The Balaban J connectivity index is 1.37. The molecule has 1 saturated heterocycles. The van der Waals surface area contributed by atoms with Crippen LogP contribution in [0.5, 0.6) is 0 Å². The first-order valence-corrected chi connectivity index (χ1v) is 9.03. The lowest BCUT2D eigenvalue weighted by Crippen LogP contribution is -2.44. The third kappa shape index (κ3) is 4.38. The van der Waals surface area contributed by atoms with Gasteiger partial charge in [0.15, 0.2) is 12.2 Å². The van der Waals surface area contributed by atoms with Gasteiger partial charge in [-0.2, -0.15) is 10.2 Å². The van der Waals surface area contributed by atoms with E-state index < -0.39 is 0 Å². The molecule has 0 radical (unpaired) electrons. The minimum absolute atomic E-state index is 0.535. The van der Waals surface area contributed by atoms with Crippen LogP contribution in [0.2, 0.25) is 0 Å². The highest BCUT2D eigenvalue weighted by molar-refractivity contribution is 5.59. The zero-order valence-corrected chi connectivity index (χ0v) is 15.3. The van der Waals surface area contributed by atoms with Crippen molar-refractivity contribution in [1.82, 2.24) is 14.9 Å². The number of anilines is 1. The van der Waals surface area contributed by atoms with E-state index in [4.69, 9.17) is 4.42 Å². The van der Waals surface area contributed by atoms with Crippen LogP contribution < -0.4 is 4.90 Å². The predicted molar refractivity (Wildman–Crippen MR) is 104 cm³/mol. The smallest absolute Gasteiger partial charge is 0.181 e. The number of likely N-dealkylation sites (N-methyl/N-ethyl adjacent to an activating group) is 1. The molecule has 0 spiro atoms. The zero-order valence-electron chi connectivity index (χ0n) is 15.3. The largest absolute Gasteiger partial charge is 0.444 e. The first-order valence-electron chi connectivity index (χ1n) is 9.03. The Morgan fingerprint density at radius 3 is 2.63 bits per heavy atom. The van der Waals surface area contributed by atoms with Gasteiger partial charge < -0.3 is 14.2 Å². The van der Waals surface area contributed by atoms with Crippen molar-refractivity contribution < 1.29 is 4.42 Å². The van der Waals surface area contributed by atoms with Crippen molar-refractivity contribution >= 4 is 11.5 Å². The second kappa shape index (κ2) is 8.09. The van der Waals surface area contributed by atoms with Gasteiger partial charge in [0.25, 0.3) is 0 Å². The fourth-order valence-electron chi connectivity index (χ4n) is 3.02. The summed E-state index contributed by atoms with van der Waals surface area (Å²) in [6.45, 7) is 4.68. The Hall–Kier alpha value is -3.06. The lowest BCUT2D eigenvalue weighted by molar-refractivity contribution is 0.312. The summed E-state index contributed by atoms with van der Waals surface area (Å²) in [6.07, 6.45) is 4.97. The van der Waals surface area contributed by atoms with Crippen molar-refractivity contribution in [2.24, 2.45) is 10.2 Å². The standard InChI is InChI=1S/C20H22N6O/c1-25-8-10-26(11-9-25)20-12-16(6-7-22-20)13-23-24-18-4-2-17(3-5-18)19-14-21-15-27-19/h2-7,12,14-15H,8-11,13H2,1H3. The van der Waals surface area contributed by atoms with Gasteiger partial charge in [-0.3, -0.25) is 0 Å². The van der Waals surface area contributed by atoms with E-state index in [2.05, 4.69) is 43.1 Å². The number of aromatic nitrogens is 2. The Morgan fingerprint density at radius 2 is 1.89 bits per heavy atom. The predicted octanol–water partition coefficient (Wildman–Crippen LogP) is 3.77. The molecule has 0 aliphatic carbocycles. The van der Waals surface area contributed by atoms with E-state index in [0.717, 1.165) is 54.6 Å². The summed E-state index contributed by atoms with van der Waals surface area (Å²) in [5.41, 5.74) is 2.89. The Bertz CT molecular complexity index is 883. The Morgan fingerprint density at radius 1 is 1.07 bits per heavy atom. The van der Waals surface area contributed by atoms with Crippen LogP contribution in [0, 0.1) is 0 Å². The summed E-state index contributed by atoms with van der Waals surface area (Å²) in [6, 6.07) is 11.8. The lowest BCUT2D eigenvalue weighted by atomic mass is 10.2. The van der Waals surface area contributed by atoms with Gasteiger partial charge >= 0.3 is 0 Å². The van der Waals surface area contributed by atoms with Crippen molar-refractivity contribution in [3.05, 3.63) is 60.7 Å². The summed E-state index contributed by atoms with van der Waals surface area (Å²) in [5, 5.41) is 8.65. The maximum atomic E-state index is 5.29. The topological polar surface area (TPSA) is 70.1 Å². The highest BCUT2D eigenvalue weighted by Crippen LogP contribution is 2.22. The van der Waals surface area contributed by atoms with Crippen LogP contribution in [-0.2, 0) is 6.54 Å². The summed E-state index contributed by atoms with van der Waals surface area (Å²) < 4.78 is 5.29. The van der Waals surface area contributed by atoms with Gasteiger partial charge in [0.05, 0.1) is 18.4 Å². The summed E-state index contributed by atoms with van der Waals surface area (Å²) in [4.78, 5) is 13.1. The average molecular weight is 362 g/mol. The highest BCUT2D eigenvalue weighted by Gasteiger charge is 2.15. The van der Waals surface area contributed by atoms with Gasteiger partial charge in [-0.1, -0.05) is 0 Å². The number of oxazole rings is 1. The second-order valence-corrected chi connectivity index (χ2v) is 6.62. The van der Waals surface area contributed by atoms with Crippen molar-refractivity contribution in [3.63, 3.8) is 0 Å². The van der Waals surface area contributed by atoms with Crippen molar-refractivity contribution in [3.8, 4) is 11.3 Å². The number of hydrogen-bond donors (Lipinski definition) is 0. The van der Waals surface area contributed by atoms with E-state index in [-0.39, 0.29) is 0 Å². The normalized spacial score (nSPS) is 15.5. The maximum Gasteiger partial charge on any atom is 0.181 e. The summed E-state index contributed by atoms with van der Waals surface area (Å²) in [5.74, 6) is 1.76. The third-order valence-corrected chi connectivity index (χ3v) is 4.66. The number of rotatable bonds is 5. The zero-order chi connectivity index (χ0) is 18.5. The molecule has 3 aromatic rings. The van der Waals surface area contributed by atoms with Crippen LogP contribution >= 0.6 is 0 Å². The van der Waals surface area contributed by atoms with Crippen LogP contribution in [0.3, 0.4) is 0 Å². The minimum atomic E-state index is 0.535. The van der Waals surface area contributed by atoms with Crippen LogP contribution in [0.4, 0.5) is 11.5 Å². The molecule has 0 saturated carbocycles. The van der Waals surface area contributed by atoms with Crippen LogP contribution in [0.15, 0.2) is 69.8 Å². The quantitative estimate of drug-likeness (QED) is 0.646. The molecule has 0 amide bonds. The van der Waals surface area contributed by atoms with Gasteiger partial charge in [0.2, 0.25) is 0 Å². The van der Waals surface area contributed by atoms with Crippen molar-refractivity contribution in [1.29, 1.82) is 0 Å². The maximum absolute atomic E-state index is 5.29. The van der Waals surface area contributed by atoms with Gasteiger partial charge in [0, 0.05) is 37.9 Å². The molecular formula is C20H22N6O. The van der Waals surface area contributed by atoms with E-state index in [9.17, 15) is 0 Å². The van der Waals surface area contributed by atoms with E-state index in [1.54, 1.807) is 6.20 Å². The SMILES string of the molecule is CN1CCN(c2cc(CN=Nc3ccc(-c4cnco4)cc3)ccn2)CC1. The summed E-state index contributed by atoms with van der Waals surface area (Å²) >= 11 is 0. The molecule has 0 bridgehead atoms. The molecule has 1 fully saturated rings. The Labute approximate surface area is 158 Å². The molecule has 7 nitrogen and oxygen atoms in total. The molecule has 0 N–H and O–H groups in total. The molecular weight excluding hydrogens is 340 g/mol. The summed E-state index contributed by atoms with van der Waals surface area (Å²) in [7, 11) is 2.15. The monoisotopic (exact) mass is 362 g/mol. The van der Waals surface area contributed by atoms with Gasteiger partial charge in [0.1, 0.15) is 5.82 Å². The number of azo groups is 1. The lowest BCUT2D eigenvalue weighted by Gasteiger charge is -2.33. The number of hydrogen-bond acceptors (Lipinski definition) is 7. The first kappa shape index (κ1) is 17.4. The van der Waals surface area contributed by atoms with E-state index in [0.29, 0.717) is 6.54 Å². The number of nitrogens with zero attached hydrogens (tertiary/aromatic N) is 6. The molecule has 1 aliphatic heterocycles. The molecule has 2 aromatic heterocycles. The number of pyridine rings is 1. The minimum Gasteiger partial charge on any atom is -0.444 e. The highest BCUT2D eigenvalue weighted by atomic mass is 16.3. The second-order valence-electron chi connectivity index (χ2n) is 6.62. The van der Waals surface area contributed by atoms with Crippen LogP contribution in [0.1, 0.15) is 5.56 Å². The van der Waals surface area contributed by atoms with Gasteiger partial charge in [-0.05, 0) is 49.0 Å². The van der Waals surface area contributed by atoms with E-state index >= 15 is 0 Å². The van der Waals surface area contributed by atoms with Gasteiger partial charge in [-0.15, -0.1) is 0 Å². The van der Waals surface area contributed by atoms with Crippen molar-refractivity contribution in [2.45, 2.75) is 6.54 Å². The number of benzene rings is 1. The molecule has 3 heterocycles. The molecule has 27 heavy (non-hydrogen) atoms. The molecule has 4 rings (SSSR count). The molecule has 1 aliphatic rings. The van der Waals surface area contributed by atoms with Crippen LogP contribution in [0.25, 0.3) is 11.3 Å². The van der Waals surface area contributed by atoms with E-state index in [1.807, 2.05) is 36.5 Å². The molecule has 0 unspecified atom stereocenters. The van der Waals surface area contributed by atoms with Crippen molar-refractivity contribution in [2.75, 3.05) is 38.1 Å². The third-order valence-electron chi connectivity index (χ3n) is 4.66. The van der Waals surface area contributed by atoms with Crippen LogP contribution in [-0.4, -0.2) is 48.1 Å². The number of piperazine rings is 1. The molecule has 7 heteroatoms. The fraction of sp³-hybridized carbons (Fsp3) is 0.300. The van der Waals surface area contributed by atoms with E-state index in [1.165, 1.54) is 6.39 Å². The fourth-order valence-corrected chi connectivity index (χ4v) is 3.02. The first-order chi connectivity index (χ1) is 13.3. The Kier molecular flexibility index (Phi) is 5.20.